The number of aromatic nitrogens is 2. The van der Waals surface area contributed by atoms with Crippen LogP contribution in [0.25, 0.3) is 0 Å². The molecule has 0 radical (unpaired) electrons. The summed E-state index contributed by atoms with van der Waals surface area (Å²) in [6.07, 6.45) is 5.73. The maximum atomic E-state index is 13.2. The summed E-state index contributed by atoms with van der Waals surface area (Å²) < 4.78 is 0. The molecule has 0 spiro atoms. The van der Waals surface area contributed by atoms with Gasteiger partial charge in [-0.2, -0.15) is 11.8 Å². The Labute approximate surface area is 204 Å². The van der Waals surface area contributed by atoms with Gasteiger partial charge in [-0.1, -0.05) is 27.7 Å². The van der Waals surface area contributed by atoms with Crippen LogP contribution in [0.3, 0.4) is 0 Å². The number of hydrogen-bond donors (Lipinski definition) is 6. The molecule has 0 saturated heterocycles. The second-order valence-corrected chi connectivity index (χ2v) is 9.97. The lowest BCUT2D eigenvalue weighted by atomic mass is 9.99. The van der Waals surface area contributed by atoms with Crippen LogP contribution in [0.15, 0.2) is 12.5 Å². The Bertz CT molecular complexity index is 802. The first kappa shape index (κ1) is 29.4. The summed E-state index contributed by atoms with van der Waals surface area (Å²) in [5.74, 6) is -2.36. The van der Waals surface area contributed by atoms with E-state index < -0.39 is 47.9 Å². The molecule has 0 aromatic carbocycles. The fourth-order valence-corrected chi connectivity index (χ4v) is 3.71. The van der Waals surface area contributed by atoms with Crippen LogP contribution in [0.2, 0.25) is 0 Å². The van der Waals surface area contributed by atoms with Crippen LogP contribution >= 0.6 is 11.8 Å². The Morgan fingerprint density at radius 2 is 1.71 bits per heavy atom. The molecule has 0 fully saturated rings. The fourth-order valence-electron chi connectivity index (χ4n) is 3.22. The Kier molecular flexibility index (Phi) is 12.7. The highest BCUT2D eigenvalue weighted by Crippen LogP contribution is 2.09. The Hall–Kier alpha value is -2.60. The standard InChI is InChI=1S/C22H38N6O5S/c1-12(2)8-17(22(32)33)27-21(31)18(13(3)4)28-20(30)16(9-14-10-24-11-25-14)26-19(29)15(23)6-7-34-5/h10-13,15-18H,6-9,23H2,1-5H3,(H,24,25)(H,26,29)(H,27,31)(H,28,30)(H,32,33). The molecule has 0 bridgehead atoms. The predicted octanol–water partition coefficient (Wildman–Crippen LogP) is 0.274. The van der Waals surface area contributed by atoms with Crippen molar-refractivity contribution in [2.75, 3.05) is 12.0 Å². The molecule has 1 aromatic heterocycles. The smallest absolute Gasteiger partial charge is 0.326 e. The zero-order valence-corrected chi connectivity index (χ0v) is 21.3. The number of carbonyl (C=O) groups excluding carboxylic acids is 3. The van der Waals surface area contributed by atoms with Crippen molar-refractivity contribution in [1.29, 1.82) is 0 Å². The van der Waals surface area contributed by atoms with Gasteiger partial charge in [-0.15, -0.1) is 0 Å². The van der Waals surface area contributed by atoms with Gasteiger partial charge in [0.25, 0.3) is 0 Å². The van der Waals surface area contributed by atoms with Gasteiger partial charge in [0.2, 0.25) is 17.7 Å². The highest BCUT2D eigenvalue weighted by atomic mass is 32.2. The van der Waals surface area contributed by atoms with Crippen LogP contribution in [-0.2, 0) is 25.6 Å². The van der Waals surface area contributed by atoms with Gasteiger partial charge in [-0.25, -0.2) is 9.78 Å². The number of carbonyl (C=O) groups is 4. The molecule has 7 N–H and O–H groups in total. The maximum Gasteiger partial charge on any atom is 0.326 e. The fraction of sp³-hybridized carbons (Fsp3) is 0.682. The summed E-state index contributed by atoms with van der Waals surface area (Å²) >= 11 is 1.56. The van der Waals surface area contributed by atoms with Crippen molar-refractivity contribution in [3.63, 3.8) is 0 Å². The minimum Gasteiger partial charge on any atom is -0.480 e. The minimum atomic E-state index is -1.14. The molecule has 3 amide bonds. The first-order chi connectivity index (χ1) is 16.0. The van der Waals surface area contributed by atoms with Gasteiger partial charge in [-0.3, -0.25) is 14.4 Å². The summed E-state index contributed by atoms with van der Waals surface area (Å²) in [4.78, 5) is 57.0. The second kappa shape index (κ2) is 14.6. The number of nitrogens with two attached hydrogens (primary N) is 1. The van der Waals surface area contributed by atoms with Crippen LogP contribution in [0, 0.1) is 11.8 Å². The molecule has 4 atom stereocenters. The molecular formula is C22H38N6O5S. The van der Waals surface area contributed by atoms with Gasteiger partial charge < -0.3 is 31.8 Å². The Balaban J connectivity index is 2.99. The molecule has 0 aliphatic carbocycles. The molecule has 1 rings (SSSR count). The molecule has 192 valence electrons. The highest BCUT2D eigenvalue weighted by Gasteiger charge is 2.32. The van der Waals surface area contributed by atoms with E-state index in [-0.39, 0.29) is 24.7 Å². The van der Waals surface area contributed by atoms with Crippen molar-refractivity contribution < 1.29 is 24.3 Å². The van der Waals surface area contributed by atoms with Gasteiger partial charge >= 0.3 is 5.97 Å². The number of aliphatic carboxylic acids is 1. The van der Waals surface area contributed by atoms with E-state index in [4.69, 9.17) is 5.73 Å². The van der Waals surface area contributed by atoms with Crippen molar-refractivity contribution in [2.24, 2.45) is 17.6 Å². The van der Waals surface area contributed by atoms with Crippen molar-refractivity contribution in [3.8, 4) is 0 Å². The Morgan fingerprint density at radius 3 is 2.21 bits per heavy atom. The van der Waals surface area contributed by atoms with Gasteiger partial charge in [-0.05, 0) is 36.7 Å². The quantitative estimate of drug-likeness (QED) is 0.199. The zero-order valence-electron chi connectivity index (χ0n) is 20.5. The number of carboxylic acid groups (broad SMARTS) is 1. The zero-order chi connectivity index (χ0) is 25.8. The summed E-state index contributed by atoms with van der Waals surface area (Å²) in [7, 11) is 0. The van der Waals surface area contributed by atoms with Crippen molar-refractivity contribution in [3.05, 3.63) is 18.2 Å². The van der Waals surface area contributed by atoms with Crippen molar-refractivity contribution in [2.45, 2.75) is 71.1 Å². The largest absolute Gasteiger partial charge is 0.480 e. The topological polar surface area (TPSA) is 179 Å². The summed E-state index contributed by atoms with van der Waals surface area (Å²) in [6, 6.07) is -3.84. The van der Waals surface area contributed by atoms with Crippen molar-refractivity contribution >= 4 is 35.5 Å². The number of nitrogens with one attached hydrogen (secondary N) is 4. The van der Waals surface area contributed by atoms with E-state index in [1.165, 1.54) is 12.5 Å². The number of hydrogen-bond acceptors (Lipinski definition) is 7. The maximum absolute atomic E-state index is 13.2. The summed E-state index contributed by atoms with van der Waals surface area (Å²) in [5, 5.41) is 17.3. The van der Waals surface area contributed by atoms with Gasteiger partial charge in [0.05, 0.1) is 12.4 Å². The van der Waals surface area contributed by atoms with Crippen molar-refractivity contribution in [1.82, 2.24) is 25.9 Å². The third kappa shape index (κ3) is 10.1. The van der Waals surface area contributed by atoms with E-state index in [9.17, 15) is 24.3 Å². The number of H-pyrrole nitrogens is 1. The molecule has 0 saturated carbocycles. The first-order valence-corrected chi connectivity index (χ1v) is 12.7. The minimum absolute atomic E-state index is 0.0535. The van der Waals surface area contributed by atoms with E-state index in [0.29, 0.717) is 17.9 Å². The van der Waals surface area contributed by atoms with E-state index >= 15 is 0 Å². The van der Waals surface area contributed by atoms with Crippen LogP contribution < -0.4 is 21.7 Å². The van der Waals surface area contributed by atoms with Gasteiger partial charge in [0.15, 0.2) is 0 Å². The van der Waals surface area contributed by atoms with Gasteiger partial charge in [0.1, 0.15) is 18.1 Å². The van der Waals surface area contributed by atoms with Crippen LogP contribution in [0.4, 0.5) is 0 Å². The number of imidazole rings is 1. The molecule has 0 aliphatic heterocycles. The molecule has 1 aromatic rings. The average Bonchev–Trinajstić information content (AvgIpc) is 3.26. The van der Waals surface area contributed by atoms with Crippen LogP contribution in [-0.4, -0.2) is 74.9 Å². The number of rotatable bonds is 15. The third-order valence-corrected chi connectivity index (χ3v) is 5.79. The lowest BCUT2D eigenvalue weighted by Crippen LogP contribution is -2.59. The third-order valence-electron chi connectivity index (χ3n) is 5.15. The lowest BCUT2D eigenvalue weighted by Gasteiger charge is -2.27. The average molecular weight is 499 g/mol. The number of aromatic amines is 1. The van der Waals surface area contributed by atoms with E-state index in [0.717, 1.165) is 0 Å². The lowest BCUT2D eigenvalue weighted by molar-refractivity contribution is -0.143. The van der Waals surface area contributed by atoms with E-state index in [1.807, 2.05) is 20.1 Å². The van der Waals surface area contributed by atoms with E-state index in [2.05, 4.69) is 25.9 Å². The number of nitrogens with zero attached hydrogens (tertiary/aromatic N) is 1. The summed E-state index contributed by atoms with van der Waals surface area (Å²) in [5.41, 5.74) is 6.57. The molecule has 4 unspecified atom stereocenters. The van der Waals surface area contributed by atoms with Crippen LogP contribution in [0.1, 0.15) is 46.2 Å². The monoisotopic (exact) mass is 498 g/mol. The normalized spacial score (nSPS) is 14.8. The molecule has 34 heavy (non-hydrogen) atoms. The van der Waals surface area contributed by atoms with E-state index in [1.54, 1.807) is 25.6 Å². The number of thioether (sulfide) groups is 1. The molecule has 11 nitrogen and oxygen atoms in total. The summed E-state index contributed by atoms with van der Waals surface area (Å²) in [6.45, 7) is 7.19. The molecular weight excluding hydrogens is 460 g/mol. The van der Waals surface area contributed by atoms with Gasteiger partial charge in [0, 0.05) is 18.3 Å². The first-order valence-electron chi connectivity index (χ1n) is 11.3. The van der Waals surface area contributed by atoms with Crippen LogP contribution in [0.5, 0.6) is 0 Å². The number of carboxylic acids is 1. The second-order valence-electron chi connectivity index (χ2n) is 8.99. The molecule has 0 aliphatic rings. The molecule has 1 heterocycles. The highest BCUT2D eigenvalue weighted by molar-refractivity contribution is 7.98. The molecule has 12 heteroatoms. The predicted molar refractivity (Wildman–Crippen MR) is 131 cm³/mol. The number of amides is 3. The Morgan fingerprint density at radius 1 is 1.06 bits per heavy atom. The SMILES string of the molecule is CSCCC(N)C(=O)NC(Cc1cnc[nH]1)C(=O)NC(C(=O)NC(CC(C)C)C(=O)O)C(C)C.